The van der Waals surface area contributed by atoms with Gasteiger partial charge in [-0.25, -0.2) is 0 Å². The van der Waals surface area contributed by atoms with Gasteiger partial charge in [0, 0.05) is 29.9 Å². The third-order valence-corrected chi connectivity index (χ3v) is 3.38. The minimum atomic E-state index is 0.124. The standard InChI is InChI=1S/C17H16N2O2/c1-21-16-8-7-14(10-15(16)20)19-11-13-5-2-4-12-6-3-9-18-17(12)13/h2-10,19-20H,11H2,1H3. The predicted molar refractivity (Wildman–Crippen MR) is 83.7 cm³/mol. The minimum Gasteiger partial charge on any atom is -0.504 e. The van der Waals surface area contributed by atoms with Crippen molar-refractivity contribution < 1.29 is 9.84 Å². The van der Waals surface area contributed by atoms with E-state index in [2.05, 4.69) is 10.3 Å². The quantitative estimate of drug-likeness (QED) is 0.767. The molecular weight excluding hydrogens is 264 g/mol. The summed E-state index contributed by atoms with van der Waals surface area (Å²) in [5.74, 6) is 0.589. The van der Waals surface area contributed by atoms with Crippen molar-refractivity contribution in [2.45, 2.75) is 6.54 Å². The second-order valence-corrected chi connectivity index (χ2v) is 4.73. The van der Waals surface area contributed by atoms with Gasteiger partial charge in [0.2, 0.25) is 0 Å². The number of anilines is 1. The van der Waals surface area contributed by atoms with E-state index in [0.29, 0.717) is 12.3 Å². The summed E-state index contributed by atoms with van der Waals surface area (Å²) in [5, 5.41) is 14.2. The summed E-state index contributed by atoms with van der Waals surface area (Å²) in [6.45, 7) is 0.639. The number of pyridine rings is 1. The van der Waals surface area contributed by atoms with E-state index in [9.17, 15) is 5.11 Å². The van der Waals surface area contributed by atoms with Gasteiger partial charge >= 0.3 is 0 Å². The van der Waals surface area contributed by atoms with Gasteiger partial charge in [0.1, 0.15) is 0 Å². The number of ether oxygens (including phenoxy) is 1. The number of fused-ring (bicyclic) bond motifs is 1. The molecule has 0 atom stereocenters. The molecule has 0 saturated heterocycles. The average Bonchev–Trinajstić information content (AvgIpc) is 2.53. The first-order valence-corrected chi connectivity index (χ1v) is 6.71. The molecule has 106 valence electrons. The van der Waals surface area contributed by atoms with E-state index < -0.39 is 0 Å². The van der Waals surface area contributed by atoms with Crippen LogP contribution in [0.1, 0.15) is 5.56 Å². The molecule has 0 unspecified atom stereocenters. The molecule has 3 aromatic rings. The van der Waals surface area contributed by atoms with Gasteiger partial charge in [0.25, 0.3) is 0 Å². The van der Waals surface area contributed by atoms with Crippen molar-refractivity contribution in [3.05, 3.63) is 60.3 Å². The monoisotopic (exact) mass is 280 g/mol. The molecule has 0 fully saturated rings. The Labute approximate surface area is 123 Å². The first kappa shape index (κ1) is 13.2. The van der Waals surface area contributed by atoms with Crippen molar-refractivity contribution in [3.63, 3.8) is 0 Å². The van der Waals surface area contributed by atoms with Crippen LogP contribution in [0, 0.1) is 0 Å². The molecule has 0 radical (unpaired) electrons. The highest BCUT2D eigenvalue weighted by Gasteiger charge is 2.04. The van der Waals surface area contributed by atoms with Crippen LogP contribution in [0.3, 0.4) is 0 Å². The maximum absolute atomic E-state index is 9.78. The fourth-order valence-electron chi connectivity index (χ4n) is 2.31. The van der Waals surface area contributed by atoms with Crippen LogP contribution < -0.4 is 10.1 Å². The van der Waals surface area contributed by atoms with Gasteiger partial charge in [-0.2, -0.15) is 0 Å². The third kappa shape index (κ3) is 2.74. The number of nitrogens with zero attached hydrogens (tertiary/aromatic N) is 1. The zero-order chi connectivity index (χ0) is 14.7. The van der Waals surface area contributed by atoms with E-state index in [0.717, 1.165) is 22.2 Å². The topological polar surface area (TPSA) is 54.4 Å². The Bertz CT molecular complexity index is 766. The molecule has 0 aliphatic heterocycles. The number of para-hydroxylation sites is 1. The van der Waals surface area contributed by atoms with E-state index >= 15 is 0 Å². The molecule has 0 bridgehead atoms. The molecule has 0 saturated carbocycles. The van der Waals surface area contributed by atoms with Gasteiger partial charge in [0.15, 0.2) is 11.5 Å². The maximum atomic E-state index is 9.78. The maximum Gasteiger partial charge on any atom is 0.160 e. The number of nitrogens with one attached hydrogen (secondary N) is 1. The first-order valence-electron chi connectivity index (χ1n) is 6.71. The lowest BCUT2D eigenvalue weighted by atomic mass is 10.1. The molecule has 0 amide bonds. The van der Waals surface area contributed by atoms with E-state index in [1.807, 2.05) is 36.4 Å². The van der Waals surface area contributed by atoms with Crippen LogP contribution in [-0.4, -0.2) is 17.2 Å². The highest BCUT2D eigenvalue weighted by molar-refractivity contribution is 5.81. The van der Waals surface area contributed by atoms with Gasteiger partial charge in [-0.1, -0.05) is 24.3 Å². The number of methoxy groups -OCH3 is 1. The summed E-state index contributed by atoms with van der Waals surface area (Å²) in [6, 6.07) is 15.4. The Morgan fingerprint density at radius 1 is 1.14 bits per heavy atom. The molecule has 3 rings (SSSR count). The Hall–Kier alpha value is -2.75. The number of aromatic hydroxyl groups is 1. The Balaban J connectivity index is 1.82. The largest absolute Gasteiger partial charge is 0.504 e. The lowest BCUT2D eigenvalue weighted by molar-refractivity contribution is 0.373. The van der Waals surface area contributed by atoms with Crippen LogP contribution in [0.2, 0.25) is 0 Å². The van der Waals surface area contributed by atoms with Gasteiger partial charge < -0.3 is 15.2 Å². The van der Waals surface area contributed by atoms with E-state index in [1.165, 1.54) is 7.11 Å². The molecule has 4 nitrogen and oxygen atoms in total. The molecule has 2 N–H and O–H groups in total. The predicted octanol–water partition coefficient (Wildman–Crippen LogP) is 3.56. The summed E-state index contributed by atoms with van der Waals surface area (Å²) >= 11 is 0. The van der Waals surface area contributed by atoms with Gasteiger partial charge in [-0.3, -0.25) is 4.98 Å². The number of hydrogen-bond acceptors (Lipinski definition) is 4. The van der Waals surface area contributed by atoms with Crippen LogP contribution in [0.15, 0.2) is 54.7 Å². The lowest BCUT2D eigenvalue weighted by Gasteiger charge is -2.10. The Kier molecular flexibility index (Phi) is 3.60. The molecule has 21 heavy (non-hydrogen) atoms. The van der Waals surface area contributed by atoms with Crippen LogP contribution in [-0.2, 0) is 6.54 Å². The summed E-state index contributed by atoms with van der Waals surface area (Å²) in [4.78, 5) is 4.43. The van der Waals surface area contributed by atoms with Gasteiger partial charge in [-0.15, -0.1) is 0 Å². The third-order valence-electron chi connectivity index (χ3n) is 3.38. The van der Waals surface area contributed by atoms with Crippen LogP contribution in [0.25, 0.3) is 10.9 Å². The summed E-state index contributed by atoms with van der Waals surface area (Å²) in [5.41, 5.74) is 2.94. The first-order chi connectivity index (χ1) is 10.3. The number of phenols is 1. The molecule has 1 heterocycles. The molecule has 0 aliphatic carbocycles. The minimum absolute atomic E-state index is 0.124. The van der Waals surface area contributed by atoms with E-state index in [1.54, 1.807) is 18.3 Å². The normalized spacial score (nSPS) is 10.5. The fraction of sp³-hybridized carbons (Fsp3) is 0.118. The molecule has 0 spiro atoms. The molecule has 4 heteroatoms. The van der Waals surface area contributed by atoms with Crippen molar-refractivity contribution in [2.24, 2.45) is 0 Å². The molecule has 2 aromatic carbocycles. The van der Waals surface area contributed by atoms with Gasteiger partial charge in [0.05, 0.1) is 12.6 Å². The zero-order valence-electron chi connectivity index (χ0n) is 11.7. The van der Waals surface area contributed by atoms with Crippen molar-refractivity contribution in [1.82, 2.24) is 4.98 Å². The van der Waals surface area contributed by atoms with Crippen molar-refractivity contribution in [2.75, 3.05) is 12.4 Å². The van der Waals surface area contributed by atoms with Crippen molar-refractivity contribution in [3.8, 4) is 11.5 Å². The Morgan fingerprint density at radius 2 is 2.00 bits per heavy atom. The smallest absolute Gasteiger partial charge is 0.160 e. The highest BCUT2D eigenvalue weighted by Crippen LogP contribution is 2.29. The van der Waals surface area contributed by atoms with E-state index in [4.69, 9.17) is 4.74 Å². The van der Waals surface area contributed by atoms with Crippen molar-refractivity contribution >= 4 is 16.6 Å². The molecular formula is C17H16N2O2. The SMILES string of the molecule is COc1ccc(NCc2cccc3cccnc23)cc1O. The summed E-state index contributed by atoms with van der Waals surface area (Å²) < 4.78 is 5.03. The summed E-state index contributed by atoms with van der Waals surface area (Å²) in [6.07, 6.45) is 1.80. The second-order valence-electron chi connectivity index (χ2n) is 4.73. The lowest BCUT2D eigenvalue weighted by Crippen LogP contribution is -2.00. The number of phenolic OH excluding ortho intramolecular Hbond substituents is 1. The number of benzene rings is 2. The fourth-order valence-corrected chi connectivity index (χ4v) is 2.31. The van der Waals surface area contributed by atoms with Gasteiger partial charge in [-0.05, 0) is 23.8 Å². The van der Waals surface area contributed by atoms with Crippen LogP contribution in [0.5, 0.6) is 11.5 Å². The number of aromatic nitrogens is 1. The zero-order valence-corrected chi connectivity index (χ0v) is 11.7. The molecule has 1 aromatic heterocycles. The van der Waals surface area contributed by atoms with Crippen molar-refractivity contribution in [1.29, 1.82) is 0 Å². The van der Waals surface area contributed by atoms with Crippen LogP contribution in [0.4, 0.5) is 5.69 Å². The average molecular weight is 280 g/mol. The summed E-state index contributed by atoms with van der Waals surface area (Å²) in [7, 11) is 1.53. The Morgan fingerprint density at radius 3 is 2.81 bits per heavy atom. The highest BCUT2D eigenvalue weighted by atomic mass is 16.5. The van der Waals surface area contributed by atoms with E-state index in [-0.39, 0.29) is 5.75 Å². The second kappa shape index (κ2) is 5.71. The van der Waals surface area contributed by atoms with Crippen LogP contribution >= 0.6 is 0 Å². The molecule has 0 aliphatic rings. The number of hydrogen-bond donors (Lipinski definition) is 2. The number of rotatable bonds is 4.